The molecule has 4 aromatic rings. The normalized spacial score (nSPS) is 13.7. The van der Waals surface area contributed by atoms with Crippen molar-refractivity contribution in [3.8, 4) is 0 Å². The number of thiophene rings is 1. The van der Waals surface area contributed by atoms with Crippen LogP contribution in [0.2, 0.25) is 0 Å². The van der Waals surface area contributed by atoms with E-state index in [9.17, 15) is 9.59 Å². The molecule has 3 N–H and O–H groups in total. The molecule has 3 aromatic heterocycles. The lowest BCUT2D eigenvalue weighted by atomic mass is 9.97. The van der Waals surface area contributed by atoms with Gasteiger partial charge in [0, 0.05) is 14.7 Å². The lowest BCUT2D eigenvalue weighted by molar-refractivity contribution is -0.113. The van der Waals surface area contributed by atoms with E-state index >= 15 is 0 Å². The predicted molar refractivity (Wildman–Crippen MR) is 125 cm³/mol. The highest BCUT2D eigenvalue weighted by Gasteiger charge is 2.21. The second-order valence-corrected chi connectivity index (χ2v) is 10.2. The third-order valence-corrected chi connectivity index (χ3v) is 7.93. The van der Waals surface area contributed by atoms with E-state index in [-0.39, 0.29) is 17.3 Å². The van der Waals surface area contributed by atoms with E-state index in [1.807, 2.05) is 6.92 Å². The molecule has 0 spiro atoms. The molecule has 1 amide bonds. The zero-order chi connectivity index (χ0) is 20.8. The summed E-state index contributed by atoms with van der Waals surface area (Å²) in [5.74, 6) is 0.838. The highest BCUT2D eigenvalue weighted by molar-refractivity contribution is 9.10. The van der Waals surface area contributed by atoms with Crippen molar-refractivity contribution >= 4 is 71.9 Å². The number of anilines is 1. The van der Waals surface area contributed by atoms with Gasteiger partial charge in [-0.2, -0.15) is 0 Å². The zero-order valence-corrected chi connectivity index (χ0v) is 19.3. The number of thioether (sulfide) groups is 1. The first-order valence-electron chi connectivity index (χ1n) is 9.61. The Balaban J connectivity index is 1.38. The minimum Gasteiger partial charge on any atom is -0.324 e. The maximum Gasteiger partial charge on any atom is 0.323 e. The lowest BCUT2D eigenvalue weighted by Crippen LogP contribution is -2.14. The highest BCUT2D eigenvalue weighted by atomic mass is 79.9. The standard InChI is InChI=1S/C20H18BrN5O2S2/c1-9-22-18(17-10-4-2-3-5-15(10)30-19(17)23-9)29-8-16(27)24-12-7-14-13(6-11(12)21)25-20(28)26-14/h6-7H,2-5,8H2,1H3,(H,24,27)(H2,25,26,28). The fourth-order valence-electron chi connectivity index (χ4n) is 3.80. The number of aryl methyl sites for hydroxylation is 3. The van der Waals surface area contributed by atoms with Gasteiger partial charge in [0.05, 0.1) is 22.5 Å². The number of hydrogen-bond acceptors (Lipinski definition) is 6. The summed E-state index contributed by atoms with van der Waals surface area (Å²) in [6, 6.07) is 3.51. The quantitative estimate of drug-likeness (QED) is 0.280. The SMILES string of the molecule is Cc1nc(SCC(=O)Nc2cc3[nH]c(=O)[nH]c3cc2Br)c2c3c(sc2n1)CCCC3. The van der Waals surface area contributed by atoms with Crippen molar-refractivity contribution < 1.29 is 4.79 Å². The summed E-state index contributed by atoms with van der Waals surface area (Å²) in [5.41, 5.74) is 3.02. The van der Waals surface area contributed by atoms with E-state index in [1.165, 1.54) is 35.0 Å². The Kier molecular flexibility index (Phi) is 5.16. The number of carbonyl (C=O) groups excluding carboxylic acids is 1. The van der Waals surface area contributed by atoms with Crippen LogP contribution in [-0.2, 0) is 17.6 Å². The molecule has 3 heterocycles. The summed E-state index contributed by atoms with van der Waals surface area (Å²) >= 11 is 6.67. The first-order chi connectivity index (χ1) is 14.5. The molecular weight excluding hydrogens is 486 g/mol. The Bertz CT molecular complexity index is 1360. The van der Waals surface area contributed by atoms with Crippen LogP contribution < -0.4 is 11.0 Å². The number of rotatable bonds is 4. The molecule has 10 heteroatoms. The third-order valence-electron chi connectivity index (χ3n) is 5.11. The van der Waals surface area contributed by atoms with Crippen LogP contribution in [0.25, 0.3) is 21.3 Å². The Labute approximate surface area is 188 Å². The van der Waals surface area contributed by atoms with Gasteiger partial charge in [-0.3, -0.25) is 4.79 Å². The topological polar surface area (TPSA) is 104 Å². The van der Waals surface area contributed by atoms with Gasteiger partial charge >= 0.3 is 5.69 Å². The number of nitrogens with zero attached hydrogens (tertiary/aromatic N) is 2. The molecule has 0 atom stereocenters. The number of amides is 1. The van der Waals surface area contributed by atoms with Gasteiger partial charge in [0.2, 0.25) is 5.91 Å². The first kappa shape index (κ1) is 19.8. The van der Waals surface area contributed by atoms with Crippen molar-refractivity contribution in [3.05, 3.63) is 43.4 Å². The number of benzene rings is 1. The molecule has 1 aliphatic carbocycles. The van der Waals surface area contributed by atoms with E-state index in [2.05, 4.69) is 41.2 Å². The van der Waals surface area contributed by atoms with Crippen LogP contribution in [0.3, 0.4) is 0 Å². The van der Waals surface area contributed by atoms with Gasteiger partial charge in [-0.25, -0.2) is 14.8 Å². The van der Waals surface area contributed by atoms with E-state index in [4.69, 9.17) is 0 Å². The second kappa shape index (κ2) is 7.82. The number of halogens is 1. The van der Waals surface area contributed by atoms with Gasteiger partial charge in [-0.05, 0) is 66.2 Å². The second-order valence-electron chi connectivity index (χ2n) is 7.26. The summed E-state index contributed by atoms with van der Waals surface area (Å²) in [6.45, 7) is 1.90. The van der Waals surface area contributed by atoms with E-state index in [0.29, 0.717) is 21.2 Å². The number of nitrogens with one attached hydrogen (secondary N) is 3. The molecule has 5 rings (SSSR count). The van der Waals surface area contributed by atoms with Gasteiger partial charge in [-0.1, -0.05) is 11.8 Å². The van der Waals surface area contributed by atoms with Crippen molar-refractivity contribution in [2.24, 2.45) is 0 Å². The lowest BCUT2D eigenvalue weighted by Gasteiger charge is -2.12. The molecule has 0 saturated heterocycles. The van der Waals surface area contributed by atoms with Crippen LogP contribution in [0.1, 0.15) is 29.1 Å². The zero-order valence-electron chi connectivity index (χ0n) is 16.1. The summed E-state index contributed by atoms with van der Waals surface area (Å²) in [6.07, 6.45) is 4.58. The van der Waals surface area contributed by atoms with Crippen LogP contribution in [-0.4, -0.2) is 31.6 Å². The first-order valence-corrected chi connectivity index (χ1v) is 12.2. The van der Waals surface area contributed by atoms with Crippen molar-refractivity contribution in [1.82, 2.24) is 19.9 Å². The fourth-order valence-corrected chi connectivity index (χ4v) is 6.52. The van der Waals surface area contributed by atoms with E-state index in [1.54, 1.807) is 23.5 Å². The van der Waals surface area contributed by atoms with Crippen LogP contribution in [0.5, 0.6) is 0 Å². The highest BCUT2D eigenvalue weighted by Crippen LogP contribution is 2.39. The van der Waals surface area contributed by atoms with Gasteiger partial charge in [0.25, 0.3) is 0 Å². The van der Waals surface area contributed by atoms with E-state index in [0.717, 1.165) is 33.9 Å². The monoisotopic (exact) mass is 503 g/mol. The Morgan fingerprint density at radius 3 is 2.83 bits per heavy atom. The molecule has 7 nitrogen and oxygen atoms in total. The number of H-pyrrole nitrogens is 2. The Morgan fingerprint density at radius 2 is 2.00 bits per heavy atom. The summed E-state index contributed by atoms with van der Waals surface area (Å²) in [5, 5.41) is 4.93. The number of carbonyl (C=O) groups is 1. The van der Waals surface area contributed by atoms with Gasteiger partial charge in [-0.15, -0.1) is 11.3 Å². The minimum atomic E-state index is -0.279. The van der Waals surface area contributed by atoms with Crippen molar-refractivity contribution in [1.29, 1.82) is 0 Å². The molecule has 1 aliphatic rings. The molecule has 1 aromatic carbocycles. The van der Waals surface area contributed by atoms with Crippen molar-refractivity contribution in [2.75, 3.05) is 11.1 Å². The number of imidazole rings is 1. The molecule has 0 saturated carbocycles. The maximum atomic E-state index is 12.7. The van der Waals surface area contributed by atoms with Crippen LogP contribution in [0.4, 0.5) is 5.69 Å². The van der Waals surface area contributed by atoms with Crippen LogP contribution in [0.15, 0.2) is 26.4 Å². The number of aromatic nitrogens is 4. The maximum absolute atomic E-state index is 12.7. The van der Waals surface area contributed by atoms with Gasteiger partial charge in [0.15, 0.2) is 0 Å². The molecular formula is C20H18BrN5O2S2. The van der Waals surface area contributed by atoms with Crippen LogP contribution >= 0.6 is 39.0 Å². The summed E-state index contributed by atoms with van der Waals surface area (Å²) < 4.78 is 0.704. The molecule has 0 unspecified atom stereocenters. The van der Waals surface area contributed by atoms with Crippen molar-refractivity contribution in [3.63, 3.8) is 0 Å². The minimum absolute atomic E-state index is 0.133. The van der Waals surface area contributed by atoms with Gasteiger partial charge < -0.3 is 15.3 Å². The molecule has 154 valence electrons. The summed E-state index contributed by atoms with van der Waals surface area (Å²) in [4.78, 5) is 41.3. The summed E-state index contributed by atoms with van der Waals surface area (Å²) in [7, 11) is 0. The Morgan fingerprint density at radius 1 is 1.23 bits per heavy atom. The van der Waals surface area contributed by atoms with E-state index < -0.39 is 0 Å². The average molecular weight is 504 g/mol. The molecule has 0 fully saturated rings. The van der Waals surface area contributed by atoms with Gasteiger partial charge in [0.1, 0.15) is 15.7 Å². The molecule has 30 heavy (non-hydrogen) atoms. The number of aromatic amines is 2. The van der Waals surface area contributed by atoms with Crippen molar-refractivity contribution in [2.45, 2.75) is 37.6 Å². The predicted octanol–water partition coefficient (Wildman–Crippen LogP) is 4.54. The number of hydrogen-bond donors (Lipinski definition) is 3. The Hall–Kier alpha value is -2.17. The number of fused-ring (bicyclic) bond motifs is 4. The smallest absolute Gasteiger partial charge is 0.323 e. The van der Waals surface area contributed by atoms with Crippen LogP contribution in [0, 0.1) is 6.92 Å². The third kappa shape index (κ3) is 3.67. The molecule has 0 bridgehead atoms. The largest absolute Gasteiger partial charge is 0.324 e. The average Bonchev–Trinajstić information content (AvgIpc) is 3.25. The molecule has 0 aliphatic heterocycles. The molecule has 0 radical (unpaired) electrons. The fraction of sp³-hybridized carbons (Fsp3) is 0.300.